The third kappa shape index (κ3) is 4.59. The molecule has 3 nitrogen and oxygen atoms in total. The van der Waals surface area contributed by atoms with E-state index in [1.54, 1.807) is 6.92 Å². The highest BCUT2D eigenvalue weighted by Gasteiger charge is 2.19. The standard InChI is InChI=1S/C14H19F2NO2/c1-9(2)17(8-10(3)18)14(19)7-11-4-5-12(15)13(16)6-11/h4-6,9-10,18H,7-8H2,1-3H3/t10-/m0/s1. The van der Waals surface area contributed by atoms with E-state index in [1.807, 2.05) is 13.8 Å². The lowest BCUT2D eigenvalue weighted by Gasteiger charge is -2.28. The number of carbonyl (C=O) groups is 1. The molecule has 1 amide bonds. The van der Waals surface area contributed by atoms with Gasteiger partial charge in [0.1, 0.15) is 0 Å². The van der Waals surface area contributed by atoms with Crippen LogP contribution in [-0.4, -0.2) is 34.6 Å². The van der Waals surface area contributed by atoms with Crippen molar-refractivity contribution in [2.24, 2.45) is 0 Å². The second-order valence-corrected chi connectivity index (χ2v) is 4.91. The molecule has 0 unspecified atom stereocenters. The average molecular weight is 271 g/mol. The van der Waals surface area contributed by atoms with Crippen molar-refractivity contribution in [3.05, 3.63) is 35.4 Å². The van der Waals surface area contributed by atoms with Crippen LogP contribution in [0, 0.1) is 11.6 Å². The summed E-state index contributed by atoms with van der Waals surface area (Å²) in [4.78, 5) is 13.6. The van der Waals surface area contributed by atoms with Crippen LogP contribution in [0.2, 0.25) is 0 Å². The SMILES string of the molecule is CC(C)N(C[C@H](C)O)C(=O)Cc1ccc(F)c(F)c1. The molecule has 0 aliphatic rings. The van der Waals surface area contributed by atoms with Crippen molar-refractivity contribution < 1.29 is 18.7 Å². The van der Waals surface area contributed by atoms with Gasteiger partial charge in [0.15, 0.2) is 11.6 Å². The van der Waals surface area contributed by atoms with Crippen molar-refractivity contribution in [2.45, 2.75) is 39.3 Å². The van der Waals surface area contributed by atoms with Crippen LogP contribution in [0.15, 0.2) is 18.2 Å². The molecule has 0 aliphatic carbocycles. The van der Waals surface area contributed by atoms with Crippen molar-refractivity contribution in [2.75, 3.05) is 6.54 Å². The zero-order valence-electron chi connectivity index (χ0n) is 11.4. The van der Waals surface area contributed by atoms with E-state index in [0.717, 1.165) is 12.1 Å². The number of rotatable bonds is 5. The number of aliphatic hydroxyl groups excluding tert-OH is 1. The Balaban J connectivity index is 2.78. The Morgan fingerprint density at radius 1 is 1.26 bits per heavy atom. The second kappa shape index (κ2) is 6.61. The van der Waals surface area contributed by atoms with Crippen molar-refractivity contribution in [1.82, 2.24) is 4.90 Å². The lowest BCUT2D eigenvalue weighted by atomic mass is 10.1. The molecule has 0 heterocycles. The Bertz CT molecular complexity index is 447. The summed E-state index contributed by atoms with van der Waals surface area (Å²) in [5.74, 6) is -2.11. The van der Waals surface area contributed by atoms with Gasteiger partial charge in [0.25, 0.3) is 0 Å². The van der Waals surface area contributed by atoms with Crippen LogP contribution in [0.3, 0.4) is 0 Å². The van der Waals surface area contributed by atoms with E-state index in [0.29, 0.717) is 5.56 Å². The quantitative estimate of drug-likeness (QED) is 0.891. The van der Waals surface area contributed by atoms with Gasteiger partial charge in [-0.15, -0.1) is 0 Å². The minimum absolute atomic E-state index is 0.0118. The Morgan fingerprint density at radius 2 is 1.89 bits per heavy atom. The van der Waals surface area contributed by atoms with E-state index < -0.39 is 17.7 Å². The zero-order valence-corrected chi connectivity index (χ0v) is 11.4. The first-order valence-corrected chi connectivity index (χ1v) is 6.22. The molecule has 5 heteroatoms. The van der Waals surface area contributed by atoms with Crippen LogP contribution in [0.1, 0.15) is 26.3 Å². The molecule has 0 aliphatic heterocycles. The average Bonchev–Trinajstić information content (AvgIpc) is 2.30. The van der Waals surface area contributed by atoms with Crippen molar-refractivity contribution in [1.29, 1.82) is 0 Å². The van der Waals surface area contributed by atoms with E-state index in [-0.39, 0.29) is 24.9 Å². The highest BCUT2D eigenvalue weighted by molar-refractivity contribution is 5.79. The van der Waals surface area contributed by atoms with Crippen LogP contribution in [0.4, 0.5) is 8.78 Å². The molecule has 0 saturated carbocycles. The maximum Gasteiger partial charge on any atom is 0.227 e. The normalized spacial score (nSPS) is 12.6. The lowest BCUT2D eigenvalue weighted by molar-refractivity contribution is -0.133. The van der Waals surface area contributed by atoms with E-state index in [9.17, 15) is 18.7 Å². The molecule has 106 valence electrons. The summed E-state index contributed by atoms with van der Waals surface area (Å²) in [6.07, 6.45) is -0.640. The summed E-state index contributed by atoms with van der Waals surface area (Å²) in [6.45, 7) is 5.50. The van der Waals surface area contributed by atoms with E-state index in [1.165, 1.54) is 11.0 Å². The second-order valence-electron chi connectivity index (χ2n) is 4.91. The molecule has 0 fully saturated rings. The van der Waals surface area contributed by atoms with E-state index >= 15 is 0 Å². The largest absolute Gasteiger partial charge is 0.392 e. The first kappa shape index (κ1) is 15.6. The fourth-order valence-electron chi connectivity index (χ4n) is 1.81. The summed E-state index contributed by atoms with van der Waals surface area (Å²) < 4.78 is 25.9. The van der Waals surface area contributed by atoms with Gasteiger partial charge >= 0.3 is 0 Å². The minimum atomic E-state index is -0.961. The molecule has 19 heavy (non-hydrogen) atoms. The third-order valence-corrected chi connectivity index (χ3v) is 2.74. The summed E-state index contributed by atoms with van der Waals surface area (Å²) in [7, 11) is 0. The number of aliphatic hydroxyl groups is 1. The van der Waals surface area contributed by atoms with Crippen LogP contribution < -0.4 is 0 Å². The first-order chi connectivity index (χ1) is 8.81. The van der Waals surface area contributed by atoms with Crippen molar-refractivity contribution in [3.8, 4) is 0 Å². The highest BCUT2D eigenvalue weighted by Crippen LogP contribution is 2.11. The van der Waals surface area contributed by atoms with Crippen molar-refractivity contribution >= 4 is 5.91 Å². The van der Waals surface area contributed by atoms with Crippen LogP contribution in [0.25, 0.3) is 0 Å². The van der Waals surface area contributed by atoms with Gasteiger partial charge in [0.2, 0.25) is 5.91 Å². The Kier molecular flexibility index (Phi) is 5.42. The predicted octanol–water partition coefficient (Wildman–Crippen LogP) is 2.13. The van der Waals surface area contributed by atoms with Crippen LogP contribution in [0.5, 0.6) is 0 Å². The zero-order chi connectivity index (χ0) is 14.6. The van der Waals surface area contributed by atoms with E-state index in [4.69, 9.17) is 0 Å². The topological polar surface area (TPSA) is 40.5 Å². The van der Waals surface area contributed by atoms with Gasteiger partial charge < -0.3 is 10.0 Å². The fraction of sp³-hybridized carbons (Fsp3) is 0.500. The summed E-state index contributed by atoms with van der Waals surface area (Å²) >= 11 is 0. The van der Waals surface area contributed by atoms with Crippen LogP contribution in [-0.2, 0) is 11.2 Å². The minimum Gasteiger partial charge on any atom is -0.392 e. The molecule has 1 aromatic carbocycles. The molecule has 0 spiro atoms. The summed E-state index contributed by atoms with van der Waals surface area (Å²) in [5.41, 5.74) is 0.417. The molecular weight excluding hydrogens is 252 g/mol. The maximum atomic E-state index is 13.1. The van der Waals surface area contributed by atoms with Crippen molar-refractivity contribution in [3.63, 3.8) is 0 Å². The van der Waals surface area contributed by atoms with Gasteiger partial charge in [-0.2, -0.15) is 0 Å². The molecule has 0 aromatic heterocycles. The molecule has 1 N–H and O–H groups in total. The summed E-state index contributed by atoms with van der Waals surface area (Å²) in [6, 6.07) is 3.35. The number of carbonyl (C=O) groups excluding carboxylic acids is 1. The number of nitrogens with zero attached hydrogens (tertiary/aromatic N) is 1. The van der Waals surface area contributed by atoms with Crippen LogP contribution >= 0.6 is 0 Å². The van der Waals surface area contributed by atoms with Gasteiger partial charge in [0, 0.05) is 12.6 Å². The maximum absolute atomic E-state index is 13.1. The van der Waals surface area contributed by atoms with Gasteiger partial charge in [-0.1, -0.05) is 6.07 Å². The Labute approximate surface area is 111 Å². The molecule has 1 rings (SSSR count). The number of amides is 1. The predicted molar refractivity (Wildman–Crippen MR) is 68.6 cm³/mol. The molecule has 1 aromatic rings. The number of benzene rings is 1. The van der Waals surface area contributed by atoms with Gasteiger partial charge in [-0.3, -0.25) is 4.79 Å². The third-order valence-electron chi connectivity index (χ3n) is 2.74. The number of hydrogen-bond acceptors (Lipinski definition) is 2. The number of halogens is 2. The Morgan fingerprint density at radius 3 is 2.37 bits per heavy atom. The Hall–Kier alpha value is -1.49. The highest BCUT2D eigenvalue weighted by atomic mass is 19.2. The fourth-order valence-corrected chi connectivity index (χ4v) is 1.81. The monoisotopic (exact) mass is 271 g/mol. The van der Waals surface area contributed by atoms with Gasteiger partial charge in [-0.25, -0.2) is 8.78 Å². The smallest absolute Gasteiger partial charge is 0.227 e. The van der Waals surface area contributed by atoms with E-state index in [2.05, 4.69) is 0 Å². The van der Waals surface area contributed by atoms with Gasteiger partial charge in [-0.05, 0) is 38.5 Å². The summed E-state index contributed by atoms with van der Waals surface area (Å²) in [5, 5.41) is 9.36. The number of hydrogen-bond donors (Lipinski definition) is 1. The van der Waals surface area contributed by atoms with Gasteiger partial charge in [0.05, 0.1) is 12.5 Å². The molecular formula is C14H19F2NO2. The lowest BCUT2D eigenvalue weighted by Crippen LogP contribution is -2.42. The molecule has 0 bridgehead atoms. The first-order valence-electron chi connectivity index (χ1n) is 6.22. The molecule has 0 radical (unpaired) electrons. The molecule has 0 saturated heterocycles. The molecule has 1 atom stereocenters.